The molecule has 16 nitrogen and oxygen atoms in total. The van der Waals surface area contributed by atoms with E-state index in [0.717, 1.165) is 0 Å². The van der Waals surface area contributed by atoms with Crippen molar-refractivity contribution in [2.45, 2.75) is 77.0 Å². The number of carbonyl (C=O) groups excluding carboxylic acids is 4. The summed E-state index contributed by atoms with van der Waals surface area (Å²) < 4.78 is 0. The van der Waals surface area contributed by atoms with Gasteiger partial charge in [0.25, 0.3) is 0 Å². The molecule has 0 radical (unpaired) electrons. The Morgan fingerprint density at radius 3 is 1.89 bits per heavy atom. The maximum absolute atomic E-state index is 13.0. The average Bonchev–Trinajstić information content (AvgIpc) is 2.80. The van der Waals surface area contributed by atoms with E-state index in [1.807, 2.05) is 0 Å². The number of carboxylic acids is 2. The minimum Gasteiger partial charge on any atom is -0.481 e. The van der Waals surface area contributed by atoms with Crippen molar-refractivity contribution in [3.05, 3.63) is 0 Å². The molecule has 0 aromatic carbocycles. The predicted molar refractivity (Wildman–Crippen MR) is 136 cm³/mol. The van der Waals surface area contributed by atoms with E-state index >= 15 is 0 Å². The summed E-state index contributed by atoms with van der Waals surface area (Å²) in [7, 11) is 0. The van der Waals surface area contributed by atoms with Gasteiger partial charge in [-0.05, 0) is 38.5 Å². The second-order valence-electron chi connectivity index (χ2n) is 9.10. The number of hydrogen-bond acceptors (Lipinski definition) is 8. The Bertz CT molecular complexity index is 873. The van der Waals surface area contributed by atoms with Crippen LogP contribution in [0, 0.1) is 5.92 Å². The Morgan fingerprint density at radius 2 is 1.39 bits per heavy atom. The highest BCUT2D eigenvalue weighted by Gasteiger charge is 2.30. The number of nitrogens with two attached hydrogens (primary N) is 3. The van der Waals surface area contributed by atoms with Crippen LogP contribution in [0.1, 0.15) is 52.9 Å². The van der Waals surface area contributed by atoms with Gasteiger partial charge in [0.2, 0.25) is 23.6 Å². The number of hydrogen-bond donors (Lipinski definition) is 9. The van der Waals surface area contributed by atoms with Crippen LogP contribution < -0.4 is 38.5 Å². The second kappa shape index (κ2) is 17.5. The lowest BCUT2D eigenvalue weighted by Gasteiger charge is -2.25. The molecule has 4 atom stereocenters. The fourth-order valence-electron chi connectivity index (χ4n) is 3.12. The van der Waals surface area contributed by atoms with Crippen molar-refractivity contribution in [2.24, 2.45) is 28.1 Å². The minimum absolute atomic E-state index is 0.0185. The van der Waals surface area contributed by atoms with Gasteiger partial charge in [0.15, 0.2) is 5.96 Å². The van der Waals surface area contributed by atoms with Crippen LogP contribution in [0.4, 0.5) is 0 Å². The van der Waals surface area contributed by atoms with E-state index in [4.69, 9.17) is 22.3 Å². The average molecular weight is 545 g/mol. The topological polar surface area (TPSA) is 281 Å². The summed E-state index contributed by atoms with van der Waals surface area (Å²) in [4.78, 5) is 76.2. The van der Waals surface area contributed by atoms with Crippen molar-refractivity contribution in [2.75, 3.05) is 13.1 Å². The fourth-order valence-corrected chi connectivity index (χ4v) is 3.12. The summed E-state index contributed by atoms with van der Waals surface area (Å²) in [6, 6.07) is -4.67. The van der Waals surface area contributed by atoms with Crippen LogP contribution in [0.25, 0.3) is 0 Å². The van der Waals surface area contributed by atoms with Crippen molar-refractivity contribution in [3.63, 3.8) is 0 Å². The molecule has 0 unspecified atom stereocenters. The maximum atomic E-state index is 13.0. The van der Waals surface area contributed by atoms with E-state index in [9.17, 15) is 33.9 Å². The van der Waals surface area contributed by atoms with Gasteiger partial charge >= 0.3 is 11.9 Å². The number of nitrogens with zero attached hydrogens (tertiary/aromatic N) is 1. The maximum Gasteiger partial charge on any atom is 0.326 e. The van der Waals surface area contributed by atoms with E-state index in [1.165, 1.54) is 6.92 Å². The molecule has 0 saturated carbocycles. The predicted octanol–water partition coefficient (Wildman–Crippen LogP) is -3.05. The van der Waals surface area contributed by atoms with Gasteiger partial charge in [0.1, 0.15) is 18.1 Å². The van der Waals surface area contributed by atoms with Crippen LogP contribution in [0.3, 0.4) is 0 Å². The molecule has 0 heterocycles. The number of rotatable bonds is 18. The normalized spacial score (nSPS) is 13.8. The number of carbonyl (C=O) groups is 6. The zero-order valence-corrected chi connectivity index (χ0v) is 21.9. The van der Waals surface area contributed by atoms with Gasteiger partial charge in [-0.1, -0.05) is 13.8 Å². The zero-order valence-electron chi connectivity index (χ0n) is 21.9. The summed E-state index contributed by atoms with van der Waals surface area (Å²) in [5, 5.41) is 28.0. The SMILES string of the molecule is CC(C)C[C@H](NC(=O)[C@H](CCC(=O)O)NC(=O)CNC(=O)[C@H](C)N)C(=O)N[C@@H](CCCN=C(N)N)C(=O)O. The largest absolute Gasteiger partial charge is 0.481 e. The first-order chi connectivity index (χ1) is 17.6. The van der Waals surface area contributed by atoms with Crippen LogP contribution in [0.15, 0.2) is 4.99 Å². The quantitative estimate of drug-likeness (QED) is 0.0474. The van der Waals surface area contributed by atoms with E-state index in [1.54, 1.807) is 13.8 Å². The first-order valence-electron chi connectivity index (χ1n) is 12.1. The molecule has 0 aliphatic rings. The molecular formula is C22H40N8O8. The first kappa shape index (κ1) is 34.0. The van der Waals surface area contributed by atoms with Gasteiger partial charge in [-0.25, -0.2) is 4.79 Å². The number of amides is 4. The van der Waals surface area contributed by atoms with Crippen LogP contribution in [0.5, 0.6) is 0 Å². The van der Waals surface area contributed by atoms with E-state index in [-0.39, 0.29) is 44.1 Å². The van der Waals surface area contributed by atoms with Gasteiger partial charge in [-0.15, -0.1) is 0 Å². The van der Waals surface area contributed by atoms with Crippen molar-refractivity contribution in [3.8, 4) is 0 Å². The minimum atomic E-state index is -1.34. The summed E-state index contributed by atoms with van der Waals surface area (Å²) in [5.41, 5.74) is 15.9. The van der Waals surface area contributed by atoms with Gasteiger partial charge in [-0.3, -0.25) is 29.0 Å². The van der Waals surface area contributed by atoms with Crippen LogP contribution in [0.2, 0.25) is 0 Å². The molecule has 216 valence electrons. The lowest BCUT2D eigenvalue weighted by molar-refractivity contribution is -0.142. The summed E-state index contributed by atoms with van der Waals surface area (Å²) >= 11 is 0. The molecule has 12 N–H and O–H groups in total. The molecule has 0 aliphatic carbocycles. The van der Waals surface area contributed by atoms with Crippen molar-refractivity contribution in [1.82, 2.24) is 21.3 Å². The van der Waals surface area contributed by atoms with Gasteiger partial charge in [0, 0.05) is 13.0 Å². The van der Waals surface area contributed by atoms with Gasteiger partial charge < -0.3 is 48.7 Å². The van der Waals surface area contributed by atoms with Crippen molar-refractivity contribution >= 4 is 41.5 Å². The van der Waals surface area contributed by atoms with Gasteiger partial charge in [0.05, 0.1) is 12.6 Å². The second-order valence-corrected chi connectivity index (χ2v) is 9.10. The Balaban J connectivity index is 5.47. The molecule has 0 aromatic rings. The highest BCUT2D eigenvalue weighted by molar-refractivity contribution is 5.94. The van der Waals surface area contributed by atoms with Crippen molar-refractivity contribution in [1.29, 1.82) is 0 Å². The molecule has 0 bridgehead atoms. The Hall–Kier alpha value is -3.95. The molecular weight excluding hydrogens is 504 g/mol. The number of guanidine groups is 1. The molecule has 0 saturated heterocycles. The first-order valence-corrected chi connectivity index (χ1v) is 12.1. The molecule has 0 spiro atoms. The zero-order chi connectivity index (χ0) is 29.4. The number of nitrogens with one attached hydrogen (secondary N) is 4. The Labute approximate surface area is 220 Å². The number of aliphatic carboxylic acids is 2. The van der Waals surface area contributed by atoms with E-state index in [2.05, 4.69) is 26.3 Å². The Kier molecular flexibility index (Phi) is 15.7. The van der Waals surface area contributed by atoms with Crippen LogP contribution >= 0.6 is 0 Å². The highest BCUT2D eigenvalue weighted by Crippen LogP contribution is 2.08. The Morgan fingerprint density at radius 1 is 0.816 bits per heavy atom. The molecule has 0 rings (SSSR count). The third-order valence-electron chi connectivity index (χ3n) is 5.04. The molecule has 0 aliphatic heterocycles. The lowest BCUT2D eigenvalue weighted by Crippen LogP contribution is -2.56. The standard InChI is InChI=1S/C22H40N8O8/c1-11(2)9-15(20(36)29-14(21(37)38)5-4-8-26-22(24)25)30-19(35)13(6-7-17(32)33)28-16(31)10-27-18(34)12(3)23/h11-15H,4-10,23H2,1-3H3,(H,27,34)(H,28,31)(H,29,36)(H,30,35)(H,32,33)(H,37,38)(H4,24,25,26)/t12-,13-,14-,15-/m0/s1. The summed E-state index contributed by atoms with van der Waals surface area (Å²) in [6.07, 6.45) is -0.360. The summed E-state index contributed by atoms with van der Waals surface area (Å²) in [6.45, 7) is 4.62. The third-order valence-corrected chi connectivity index (χ3v) is 5.04. The molecule has 16 heteroatoms. The monoisotopic (exact) mass is 544 g/mol. The third kappa shape index (κ3) is 15.2. The number of carboxylic acid groups (broad SMARTS) is 2. The van der Waals surface area contributed by atoms with Crippen LogP contribution in [-0.4, -0.2) is 89.0 Å². The lowest BCUT2D eigenvalue weighted by atomic mass is 10.0. The van der Waals surface area contributed by atoms with E-state index < -0.39 is 72.7 Å². The van der Waals surface area contributed by atoms with Crippen LogP contribution in [-0.2, 0) is 28.8 Å². The molecule has 38 heavy (non-hydrogen) atoms. The van der Waals surface area contributed by atoms with Gasteiger partial charge in [-0.2, -0.15) is 0 Å². The molecule has 4 amide bonds. The highest BCUT2D eigenvalue weighted by atomic mass is 16.4. The molecule has 0 fully saturated rings. The molecule has 0 aromatic heterocycles. The smallest absolute Gasteiger partial charge is 0.326 e. The summed E-state index contributed by atoms with van der Waals surface area (Å²) in [5.74, 6) is -5.76. The number of aliphatic imine (C=N–C) groups is 1. The van der Waals surface area contributed by atoms with E-state index in [0.29, 0.717) is 0 Å². The van der Waals surface area contributed by atoms with Crippen molar-refractivity contribution < 1.29 is 39.0 Å². The fraction of sp³-hybridized carbons (Fsp3) is 0.682.